The van der Waals surface area contributed by atoms with Crippen molar-refractivity contribution in [1.82, 2.24) is 5.43 Å². The Morgan fingerprint density at radius 2 is 2.00 bits per heavy atom. The number of hydrazone groups is 1. The number of unbranched alkanes of at least 4 members (excludes halogenated alkanes) is 2. The fraction of sp³-hybridized carbons (Fsp3) is 0.458. The third-order valence-corrected chi connectivity index (χ3v) is 4.81. The van der Waals surface area contributed by atoms with Gasteiger partial charge in [0.2, 0.25) is 0 Å². The van der Waals surface area contributed by atoms with E-state index in [1.807, 2.05) is 0 Å². The van der Waals surface area contributed by atoms with Gasteiger partial charge in [0, 0.05) is 18.4 Å². The number of aliphatic hydroxyl groups excluding tert-OH is 1. The van der Waals surface area contributed by atoms with Gasteiger partial charge in [-0.05, 0) is 43.9 Å². The zero-order valence-corrected chi connectivity index (χ0v) is 20.4. The maximum atomic E-state index is 13.5. The molecule has 7 nitrogen and oxygen atoms in total. The van der Waals surface area contributed by atoms with E-state index in [9.17, 15) is 13.2 Å². The molecule has 1 rings (SSSR count). The number of thiocarbonyl (C=S) groups is 1. The van der Waals surface area contributed by atoms with Crippen molar-refractivity contribution in [3.8, 4) is 11.8 Å². The lowest BCUT2D eigenvalue weighted by Crippen LogP contribution is -2.28. The summed E-state index contributed by atoms with van der Waals surface area (Å²) < 4.78 is 51.5. The van der Waals surface area contributed by atoms with E-state index in [1.165, 1.54) is 6.21 Å². The van der Waals surface area contributed by atoms with Crippen LogP contribution in [-0.4, -0.2) is 55.0 Å². The van der Waals surface area contributed by atoms with Crippen LogP contribution in [0.4, 0.5) is 13.2 Å². The molecule has 1 unspecified atom stereocenters. The number of aliphatic hydroxyl groups is 1. The molecule has 0 aliphatic carbocycles. The lowest BCUT2D eigenvalue weighted by Gasteiger charge is -2.14. The Balaban J connectivity index is 2.54. The second-order valence-corrected chi connectivity index (χ2v) is 7.78. The lowest BCUT2D eigenvalue weighted by atomic mass is 10.1. The number of nitrogens with two attached hydrogens (primary N) is 1. The first-order valence-corrected chi connectivity index (χ1v) is 11.5. The van der Waals surface area contributed by atoms with E-state index in [0.29, 0.717) is 43.6 Å². The van der Waals surface area contributed by atoms with E-state index in [4.69, 9.17) is 37.8 Å². The largest absolute Gasteiger partial charge is 0.492 e. The second-order valence-electron chi connectivity index (χ2n) is 7.37. The summed E-state index contributed by atoms with van der Waals surface area (Å²) in [5, 5.41) is 21.7. The van der Waals surface area contributed by atoms with Gasteiger partial charge in [-0.1, -0.05) is 37.4 Å². The van der Waals surface area contributed by atoms with Crippen molar-refractivity contribution in [2.45, 2.75) is 44.8 Å². The zero-order valence-electron chi connectivity index (χ0n) is 19.6. The number of allylic oxidation sites excluding steroid dienone is 1. The van der Waals surface area contributed by atoms with Gasteiger partial charge in [-0.25, -0.2) is 0 Å². The van der Waals surface area contributed by atoms with Crippen molar-refractivity contribution in [2.24, 2.45) is 10.8 Å². The van der Waals surface area contributed by atoms with Gasteiger partial charge >= 0.3 is 6.18 Å². The minimum Gasteiger partial charge on any atom is -0.492 e. The topological polar surface area (TPSA) is 113 Å². The first-order valence-electron chi connectivity index (χ1n) is 11.1. The summed E-state index contributed by atoms with van der Waals surface area (Å²) in [6, 6.07) is 8.25. The van der Waals surface area contributed by atoms with Crippen LogP contribution >= 0.6 is 12.2 Å². The average Bonchev–Trinajstić information content (AvgIpc) is 2.83. The van der Waals surface area contributed by atoms with Gasteiger partial charge in [-0.15, -0.1) is 0 Å². The number of rotatable bonds is 15. The molecule has 35 heavy (non-hydrogen) atoms. The Hall–Kier alpha value is -2.78. The predicted octanol–water partition coefficient (Wildman–Crippen LogP) is 4.17. The number of nitriles is 1. The number of nitrogens with zero attached hydrogens (tertiary/aromatic N) is 2. The smallest absolute Gasteiger partial charge is 0.414 e. The van der Waals surface area contributed by atoms with E-state index in [1.54, 1.807) is 37.3 Å². The number of hydrogen-bond donors (Lipinski definition) is 3. The third kappa shape index (κ3) is 12.5. The lowest BCUT2D eigenvalue weighted by molar-refractivity contribution is -0.101. The van der Waals surface area contributed by atoms with Crippen LogP contribution in [0.25, 0.3) is 0 Å². The molecule has 1 aromatic rings. The quantitative estimate of drug-likeness (QED) is 0.0807. The third-order valence-electron chi connectivity index (χ3n) is 4.48. The molecular weight excluding hydrogens is 481 g/mol. The second kappa shape index (κ2) is 16.8. The van der Waals surface area contributed by atoms with Gasteiger partial charge in [-0.2, -0.15) is 23.5 Å². The predicted molar refractivity (Wildman–Crippen MR) is 133 cm³/mol. The highest BCUT2D eigenvalue weighted by molar-refractivity contribution is 7.80. The van der Waals surface area contributed by atoms with Crippen LogP contribution in [0.2, 0.25) is 0 Å². The summed E-state index contributed by atoms with van der Waals surface area (Å²) in [6.07, 6.45) is 1.51. The monoisotopic (exact) mass is 512 g/mol. The van der Waals surface area contributed by atoms with Crippen LogP contribution < -0.4 is 15.9 Å². The Morgan fingerprint density at radius 3 is 2.66 bits per heavy atom. The van der Waals surface area contributed by atoms with Crippen LogP contribution in [0.3, 0.4) is 0 Å². The number of benzene rings is 1. The van der Waals surface area contributed by atoms with Crippen LogP contribution in [0, 0.1) is 11.3 Å². The van der Waals surface area contributed by atoms with Gasteiger partial charge in [0.1, 0.15) is 16.8 Å². The molecular formula is C24H31F3N4O3S. The molecule has 0 radical (unpaired) electrons. The number of hydrogen-bond acceptors (Lipinski definition) is 7. The fourth-order valence-electron chi connectivity index (χ4n) is 2.67. The number of alkyl halides is 3. The summed E-state index contributed by atoms with van der Waals surface area (Å²) in [5.74, 6) is 0.511. The molecule has 0 bridgehead atoms. The van der Waals surface area contributed by atoms with E-state index >= 15 is 0 Å². The molecule has 0 heterocycles. The van der Waals surface area contributed by atoms with Gasteiger partial charge < -0.3 is 20.3 Å². The molecule has 0 fully saturated rings. The van der Waals surface area contributed by atoms with Crippen LogP contribution in [0.5, 0.6) is 5.75 Å². The normalized spacial score (nSPS) is 13.5. The zero-order chi connectivity index (χ0) is 26.1. The van der Waals surface area contributed by atoms with Crippen molar-refractivity contribution < 1.29 is 27.8 Å². The summed E-state index contributed by atoms with van der Waals surface area (Å²) in [4.78, 5) is -0.00652. The maximum Gasteiger partial charge on any atom is 0.414 e. The summed E-state index contributed by atoms with van der Waals surface area (Å²) in [7, 11) is 0. The minimum absolute atomic E-state index is 0.00652. The number of nitrogens with one attached hydrogen (secondary N) is 1. The molecule has 0 aliphatic rings. The van der Waals surface area contributed by atoms with E-state index < -0.39 is 24.4 Å². The molecule has 11 heteroatoms. The van der Waals surface area contributed by atoms with E-state index in [2.05, 4.69) is 16.6 Å². The first-order chi connectivity index (χ1) is 16.7. The van der Waals surface area contributed by atoms with Crippen molar-refractivity contribution in [3.05, 3.63) is 53.1 Å². The average molecular weight is 513 g/mol. The van der Waals surface area contributed by atoms with Crippen molar-refractivity contribution in [1.29, 1.82) is 5.26 Å². The number of para-hydroxylation sites is 1. The molecule has 0 spiro atoms. The molecule has 4 N–H and O–H groups in total. The van der Waals surface area contributed by atoms with Gasteiger partial charge in [0.15, 0.2) is 0 Å². The molecule has 192 valence electrons. The molecule has 0 aromatic heterocycles. The Bertz CT molecular complexity index is 927. The molecule has 0 saturated heterocycles. The van der Waals surface area contributed by atoms with Crippen LogP contribution in [-0.2, 0) is 4.74 Å². The maximum absolute atomic E-state index is 13.5. The van der Waals surface area contributed by atoms with E-state index in [-0.39, 0.29) is 23.8 Å². The number of halogens is 3. The highest BCUT2D eigenvalue weighted by Crippen LogP contribution is 2.27. The van der Waals surface area contributed by atoms with Gasteiger partial charge in [-0.3, -0.25) is 5.43 Å². The molecule has 1 aromatic carbocycles. The fourth-order valence-corrected chi connectivity index (χ4v) is 2.86. The molecule has 0 aliphatic heterocycles. The molecule has 1 atom stereocenters. The Kier molecular flexibility index (Phi) is 14.5. The van der Waals surface area contributed by atoms with E-state index in [0.717, 1.165) is 6.08 Å². The van der Waals surface area contributed by atoms with Gasteiger partial charge in [0.05, 0.1) is 37.0 Å². The van der Waals surface area contributed by atoms with Crippen molar-refractivity contribution in [3.63, 3.8) is 0 Å². The molecule has 0 amide bonds. The molecule has 0 saturated carbocycles. The van der Waals surface area contributed by atoms with Crippen LogP contribution in [0.15, 0.2) is 52.7 Å². The summed E-state index contributed by atoms with van der Waals surface area (Å²) in [6.45, 7) is 1.38. The first kappa shape index (κ1) is 30.3. The standard InChI is InChI=1S/C24H31F3N4O3S/c1-2-8-18(23(35)31-30-15-21(29)16-32)13-20(24(25,26)27)17-33-11-6-3-7-12-34-22-10-5-4-9-19(22)14-28/h4-5,8-10,13,15,21,32H,2-3,6-7,11-12,16-17,29H2,1H3,(H,31,35)/b18-8+,20-13+,30-15+. The minimum atomic E-state index is -4.59. The van der Waals surface area contributed by atoms with Crippen molar-refractivity contribution in [2.75, 3.05) is 26.4 Å². The summed E-state index contributed by atoms with van der Waals surface area (Å²) in [5.41, 5.74) is 7.69. The van der Waals surface area contributed by atoms with Crippen LogP contribution in [0.1, 0.15) is 38.2 Å². The SMILES string of the molecule is CC/C=C(\C=C(/COCCCCCOc1ccccc1C#N)C(F)(F)F)C(=S)N/N=C/C(N)CO. The number of ether oxygens (including phenoxy) is 2. The van der Waals surface area contributed by atoms with Crippen molar-refractivity contribution >= 4 is 23.4 Å². The van der Waals surface area contributed by atoms with Gasteiger partial charge in [0.25, 0.3) is 0 Å². The Labute approximate surface area is 209 Å². The highest BCUT2D eigenvalue weighted by Gasteiger charge is 2.34. The highest BCUT2D eigenvalue weighted by atomic mass is 32.1. The Morgan fingerprint density at radius 1 is 1.29 bits per heavy atom. The summed E-state index contributed by atoms with van der Waals surface area (Å²) >= 11 is 5.14.